The van der Waals surface area contributed by atoms with Crippen LogP contribution in [-0.4, -0.2) is 5.75 Å². The van der Waals surface area contributed by atoms with E-state index >= 15 is 0 Å². The van der Waals surface area contributed by atoms with Crippen LogP contribution in [0.25, 0.3) is 0 Å². The van der Waals surface area contributed by atoms with Crippen LogP contribution in [0.1, 0.15) is 25.5 Å². The van der Waals surface area contributed by atoms with Gasteiger partial charge in [-0.25, -0.2) is 0 Å². The van der Waals surface area contributed by atoms with Crippen LogP contribution in [0.4, 0.5) is 0 Å². The predicted octanol–water partition coefficient (Wildman–Crippen LogP) is 3.48. The van der Waals surface area contributed by atoms with Gasteiger partial charge in [-0.1, -0.05) is 25.1 Å². The quantitative estimate of drug-likeness (QED) is 0.507. The van der Waals surface area contributed by atoms with Gasteiger partial charge in [-0.15, -0.1) is 0 Å². The van der Waals surface area contributed by atoms with Gasteiger partial charge < -0.3 is 4.42 Å². The van der Waals surface area contributed by atoms with Crippen molar-refractivity contribution in [1.82, 2.24) is 0 Å². The van der Waals surface area contributed by atoms with Crippen LogP contribution in [0.15, 0.2) is 21.6 Å². The largest absolute Gasteiger partial charge is 0.455 e. The topological polar surface area (TPSA) is 13.1 Å². The maximum absolute atomic E-state index is 5.39. The summed E-state index contributed by atoms with van der Waals surface area (Å²) in [4.78, 5) is 0. The molecule has 0 bridgehead atoms. The fourth-order valence-corrected chi connectivity index (χ4v) is 1.80. The Labute approximate surface area is 72.2 Å². The molecule has 0 saturated carbocycles. The van der Waals surface area contributed by atoms with Crippen molar-refractivity contribution >= 4 is 11.8 Å². The molecule has 11 heavy (non-hydrogen) atoms. The van der Waals surface area contributed by atoms with Crippen molar-refractivity contribution in [3.8, 4) is 0 Å². The van der Waals surface area contributed by atoms with Crippen molar-refractivity contribution < 1.29 is 4.42 Å². The van der Waals surface area contributed by atoms with E-state index in [-0.39, 0.29) is 0 Å². The summed E-state index contributed by atoms with van der Waals surface area (Å²) < 4.78 is 5.39. The lowest BCUT2D eigenvalue weighted by atomic mass is 10.4. The fraction of sp³-hybridized carbons (Fsp3) is 0.556. The lowest BCUT2D eigenvalue weighted by Crippen LogP contribution is -1.74. The molecule has 0 N–H and O–H groups in total. The van der Waals surface area contributed by atoms with Crippen molar-refractivity contribution in [1.29, 1.82) is 0 Å². The van der Waals surface area contributed by atoms with Gasteiger partial charge >= 0.3 is 0 Å². The summed E-state index contributed by atoms with van der Waals surface area (Å²) in [5, 5.41) is 1.05. The molecule has 1 nitrogen and oxygen atoms in total. The smallest absolute Gasteiger partial charge is 0.160 e. The molecule has 0 aliphatic carbocycles. The van der Waals surface area contributed by atoms with E-state index in [1.54, 1.807) is 11.8 Å². The van der Waals surface area contributed by atoms with E-state index in [9.17, 15) is 0 Å². The highest BCUT2D eigenvalue weighted by molar-refractivity contribution is 7.99. The maximum Gasteiger partial charge on any atom is 0.160 e. The molecule has 1 heterocycles. The van der Waals surface area contributed by atoms with Crippen LogP contribution in [0.3, 0.4) is 0 Å². The fourth-order valence-electron chi connectivity index (χ4n) is 0.807. The number of furan rings is 1. The Kier molecular flexibility index (Phi) is 3.57. The van der Waals surface area contributed by atoms with Gasteiger partial charge in [0.15, 0.2) is 5.09 Å². The van der Waals surface area contributed by atoms with E-state index in [2.05, 4.69) is 6.92 Å². The van der Waals surface area contributed by atoms with Gasteiger partial charge in [0, 0.05) is 5.75 Å². The summed E-state index contributed by atoms with van der Waals surface area (Å²) in [6, 6.07) is 4.05. The van der Waals surface area contributed by atoms with E-state index in [4.69, 9.17) is 4.42 Å². The first-order chi connectivity index (χ1) is 5.33. The molecule has 2 heteroatoms. The van der Waals surface area contributed by atoms with Crippen molar-refractivity contribution in [3.63, 3.8) is 0 Å². The second kappa shape index (κ2) is 4.50. The summed E-state index contributed by atoms with van der Waals surface area (Å²) in [5.74, 6) is 2.17. The second-order valence-electron chi connectivity index (χ2n) is 2.57. The molecule has 62 valence electrons. The molecule has 0 saturated heterocycles. The number of thioether (sulfide) groups is 1. The van der Waals surface area contributed by atoms with E-state index in [0.29, 0.717) is 0 Å². The molecular weight excluding hydrogens is 156 g/mol. The predicted molar refractivity (Wildman–Crippen MR) is 49.1 cm³/mol. The van der Waals surface area contributed by atoms with Gasteiger partial charge in [0.05, 0.1) is 0 Å². The summed E-state index contributed by atoms with van der Waals surface area (Å²) in [6.45, 7) is 4.18. The van der Waals surface area contributed by atoms with Gasteiger partial charge in [0.25, 0.3) is 0 Å². The number of rotatable bonds is 4. The Bertz CT molecular complexity index is 205. The van der Waals surface area contributed by atoms with Crippen LogP contribution in [0.5, 0.6) is 0 Å². The Morgan fingerprint density at radius 3 is 2.82 bits per heavy atom. The maximum atomic E-state index is 5.39. The standard InChI is InChI=1S/C9H14OS/c1-3-4-7-11-9-6-5-8(2)10-9/h5-6H,3-4,7H2,1-2H3. The summed E-state index contributed by atoms with van der Waals surface area (Å²) in [7, 11) is 0. The minimum atomic E-state index is 1.00. The third-order valence-corrected chi connectivity index (χ3v) is 2.45. The molecule has 0 aliphatic rings. The lowest BCUT2D eigenvalue weighted by Gasteiger charge is -1.93. The third kappa shape index (κ3) is 3.02. The molecule has 0 unspecified atom stereocenters. The molecule has 1 aromatic heterocycles. The SMILES string of the molecule is CCCCSc1ccc(C)o1. The monoisotopic (exact) mass is 170 g/mol. The first-order valence-electron chi connectivity index (χ1n) is 4.02. The summed E-state index contributed by atoms with van der Waals surface area (Å²) in [6.07, 6.45) is 2.52. The summed E-state index contributed by atoms with van der Waals surface area (Å²) in [5.41, 5.74) is 0. The van der Waals surface area contributed by atoms with Crippen LogP contribution in [-0.2, 0) is 0 Å². The van der Waals surface area contributed by atoms with Crippen LogP contribution >= 0.6 is 11.8 Å². The van der Waals surface area contributed by atoms with Crippen LogP contribution < -0.4 is 0 Å². The molecule has 0 spiro atoms. The van der Waals surface area contributed by atoms with Gasteiger partial charge in [-0.2, -0.15) is 0 Å². The lowest BCUT2D eigenvalue weighted by molar-refractivity contribution is 0.448. The molecule has 0 aliphatic heterocycles. The number of hydrogen-bond donors (Lipinski definition) is 0. The molecule has 0 aromatic carbocycles. The van der Waals surface area contributed by atoms with Gasteiger partial charge in [0.1, 0.15) is 5.76 Å². The summed E-state index contributed by atoms with van der Waals surface area (Å²) >= 11 is 1.80. The Hall–Kier alpha value is -0.370. The first-order valence-corrected chi connectivity index (χ1v) is 5.00. The Balaban J connectivity index is 2.27. The average molecular weight is 170 g/mol. The van der Waals surface area contributed by atoms with E-state index in [1.165, 1.54) is 18.6 Å². The zero-order valence-corrected chi connectivity index (χ0v) is 7.91. The van der Waals surface area contributed by atoms with E-state index < -0.39 is 0 Å². The Morgan fingerprint density at radius 1 is 1.45 bits per heavy atom. The number of unbranched alkanes of at least 4 members (excludes halogenated alkanes) is 1. The highest BCUT2D eigenvalue weighted by Crippen LogP contribution is 2.21. The molecule has 0 amide bonds. The normalized spacial score (nSPS) is 10.4. The Morgan fingerprint density at radius 2 is 2.27 bits per heavy atom. The molecule has 0 atom stereocenters. The molecule has 1 rings (SSSR count). The molecular formula is C9H14OS. The third-order valence-electron chi connectivity index (χ3n) is 1.46. The zero-order chi connectivity index (χ0) is 8.10. The highest BCUT2D eigenvalue weighted by Gasteiger charge is 1.97. The van der Waals surface area contributed by atoms with Gasteiger partial charge in [-0.3, -0.25) is 0 Å². The van der Waals surface area contributed by atoms with E-state index in [0.717, 1.165) is 10.9 Å². The average Bonchev–Trinajstić information content (AvgIpc) is 2.37. The van der Waals surface area contributed by atoms with Crippen LogP contribution in [0, 0.1) is 6.92 Å². The minimum absolute atomic E-state index is 1.00. The van der Waals surface area contributed by atoms with Crippen LogP contribution in [0.2, 0.25) is 0 Å². The zero-order valence-electron chi connectivity index (χ0n) is 7.09. The number of hydrogen-bond acceptors (Lipinski definition) is 2. The van der Waals surface area contributed by atoms with E-state index in [1.807, 2.05) is 19.1 Å². The van der Waals surface area contributed by atoms with Crippen molar-refractivity contribution in [2.45, 2.75) is 31.8 Å². The van der Waals surface area contributed by atoms with Gasteiger partial charge in [0.2, 0.25) is 0 Å². The first kappa shape index (κ1) is 8.72. The second-order valence-corrected chi connectivity index (χ2v) is 3.67. The highest BCUT2D eigenvalue weighted by atomic mass is 32.2. The van der Waals surface area contributed by atoms with Crippen molar-refractivity contribution in [3.05, 3.63) is 17.9 Å². The van der Waals surface area contributed by atoms with Gasteiger partial charge in [-0.05, 0) is 25.5 Å². The van der Waals surface area contributed by atoms with Crippen molar-refractivity contribution in [2.75, 3.05) is 5.75 Å². The van der Waals surface area contributed by atoms with Crippen molar-refractivity contribution in [2.24, 2.45) is 0 Å². The molecule has 1 aromatic rings. The number of aryl methyl sites for hydroxylation is 1. The minimum Gasteiger partial charge on any atom is -0.455 e. The molecule has 0 fully saturated rings. The molecule has 0 radical (unpaired) electrons.